The largest absolute Gasteiger partial charge is 0.310 e. The molecule has 0 fully saturated rings. The molecule has 2 aliphatic rings. The first kappa shape index (κ1) is 40.0. The third-order valence-electron chi connectivity index (χ3n) is 16.1. The van der Waals surface area contributed by atoms with E-state index in [1.807, 2.05) is 11.3 Å². The van der Waals surface area contributed by atoms with Crippen LogP contribution in [0.2, 0.25) is 0 Å². The summed E-state index contributed by atoms with van der Waals surface area (Å²) in [5.41, 5.74) is 17.9. The zero-order valence-electron chi connectivity index (χ0n) is 39.3. The predicted octanol–water partition coefficient (Wildman–Crippen LogP) is 19.1. The molecule has 0 aliphatic heterocycles. The maximum absolute atomic E-state index is 2.51. The summed E-state index contributed by atoms with van der Waals surface area (Å²) in [6.45, 7) is 0. The van der Waals surface area contributed by atoms with Gasteiger partial charge in [-0.25, -0.2) is 0 Å². The lowest BCUT2D eigenvalue weighted by Gasteiger charge is -2.25. The van der Waals surface area contributed by atoms with Crippen LogP contribution < -0.4 is 0 Å². The molecule has 11 aromatic carbocycles. The number of hydrogen-bond donors (Lipinski definition) is 0. The van der Waals surface area contributed by atoms with Crippen LogP contribution in [0.15, 0.2) is 243 Å². The lowest BCUT2D eigenvalue weighted by Crippen LogP contribution is -2.12. The van der Waals surface area contributed by atoms with Gasteiger partial charge in [-0.05, 0) is 145 Å². The van der Waals surface area contributed by atoms with Crippen LogP contribution in [-0.4, -0.2) is 9.13 Å². The lowest BCUT2D eigenvalue weighted by atomic mass is 9.80. The molecule has 0 N–H and O–H groups in total. The van der Waals surface area contributed by atoms with Gasteiger partial charge in [-0.3, -0.25) is 0 Å². The summed E-state index contributed by atoms with van der Waals surface area (Å²) in [7, 11) is 0. The first-order valence-corrected chi connectivity index (χ1v) is 26.0. The van der Waals surface area contributed by atoms with E-state index in [0.29, 0.717) is 11.8 Å². The zero-order valence-corrected chi connectivity index (χ0v) is 40.1. The molecule has 16 rings (SSSR count). The number of aromatic nitrogens is 2. The first-order valence-electron chi connectivity index (χ1n) is 25.2. The van der Waals surface area contributed by atoms with Gasteiger partial charge in [-0.1, -0.05) is 176 Å². The second-order valence-corrected chi connectivity index (χ2v) is 20.9. The molecule has 0 bridgehead atoms. The van der Waals surface area contributed by atoms with Crippen LogP contribution in [0.25, 0.3) is 130 Å². The highest BCUT2D eigenvalue weighted by molar-refractivity contribution is 7.26. The predicted molar refractivity (Wildman–Crippen MR) is 308 cm³/mol. The number of allylic oxidation sites excluding steroid dienone is 4. The molecule has 0 amide bonds. The van der Waals surface area contributed by atoms with Crippen LogP contribution in [0.5, 0.6) is 0 Å². The van der Waals surface area contributed by atoms with Crippen LogP contribution >= 0.6 is 11.3 Å². The smallest absolute Gasteiger partial charge is 0.0720 e. The molecule has 2 nitrogen and oxygen atoms in total. The van der Waals surface area contributed by atoms with Crippen molar-refractivity contribution in [2.24, 2.45) is 5.92 Å². The van der Waals surface area contributed by atoms with Crippen molar-refractivity contribution < 1.29 is 0 Å². The Balaban J connectivity index is 0.890. The van der Waals surface area contributed by atoms with Gasteiger partial charge >= 0.3 is 0 Å². The number of rotatable bonds is 5. The Labute approximate surface area is 420 Å². The molecule has 72 heavy (non-hydrogen) atoms. The summed E-state index contributed by atoms with van der Waals surface area (Å²) in [6, 6.07) is 84.0. The number of hydrogen-bond acceptors (Lipinski definition) is 1. The van der Waals surface area contributed by atoms with Crippen LogP contribution in [0.4, 0.5) is 0 Å². The van der Waals surface area contributed by atoms with Gasteiger partial charge in [0.15, 0.2) is 0 Å². The fourth-order valence-corrected chi connectivity index (χ4v) is 14.2. The average molecular weight is 933 g/mol. The minimum atomic E-state index is 0.348. The SMILES string of the molecule is C1=CC(C2c3ccccc3-c3ccccc32)CC=C1n1c2ccccc2c2cc(-c3cc4c5ccccc5n(-c5ccccc5)c4c4sc5ccc(-c6ccc7c(ccc8ccccc87)c6)cc5c34)ccc21. The van der Waals surface area contributed by atoms with Crippen LogP contribution in [0.3, 0.4) is 0 Å². The number of para-hydroxylation sites is 3. The molecule has 14 aromatic rings. The van der Waals surface area contributed by atoms with Gasteiger partial charge in [-0.2, -0.15) is 0 Å². The molecule has 1 atom stereocenters. The summed E-state index contributed by atoms with van der Waals surface area (Å²) in [4.78, 5) is 0. The summed E-state index contributed by atoms with van der Waals surface area (Å²) in [5, 5.41) is 12.8. The van der Waals surface area contributed by atoms with E-state index in [0.717, 1.165) is 6.42 Å². The van der Waals surface area contributed by atoms with Crippen molar-refractivity contribution in [3.63, 3.8) is 0 Å². The van der Waals surface area contributed by atoms with E-state index < -0.39 is 0 Å². The molecule has 2 aliphatic carbocycles. The van der Waals surface area contributed by atoms with E-state index in [1.54, 1.807) is 0 Å². The quantitative estimate of drug-likeness (QED) is 0.152. The van der Waals surface area contributed by atoms with Crippen molar-refractivity contribution >= 4 is 102 Å². The van der Waals surface area contributed by atoms with Gasteiger partial charge in [0.2, 0.25) is 0 Å². The molecule has 0 saturated heterocycles. The van der Waals surface area contributed by atoms with Crippen molar-refractivity contribution in [2.75, 3.05) is 0 Å². The Morgan fingerprint density at radius 3 is 1.81 bits per heavy atom. The van der Waals surface area contributed by atoms with Crippen molar-refractivity contribution in [3.8, 4) is 39.1 Å². The Kier molecular flexibility index (Phi) is 8.54. The molecule has 3 aromatic heterocycles. The highest BCUT2D eigenvalue weighted by Gasteiger charge is 2.34. The van der Waals surface area contributed by atoms with Crippen LogP contribution in [0.1, 0.15) is 23.5 Å². The number of benzene rings is 11. The van der Waals surface area contributed by atoms with Crippen LogP contribution in [0, 0.1) is 5.92 Å². The van der Waals surface area contributed by atoms with Gasteiger partial charge in [0.1, 0.15) is 0 Å². The second kappa shape index (κ2) is 15.4. The molecular formula is C69H44N2S. The normalized spacial score (nSPS) is 14.7. The molecule has 3 heteroatoms. The molecule has 336 valence electrons. The van der Waals surface area contributed by atoms with Gasteiger partial charge in [0, 0.05) is 54.3 Å². The summed E-state index contributed by atoms with van der Waals surface area (Å²) in [5.74, 6) is 0.728. The third kappa shape index (κ3) is 5.77. The number of fused-ring (bicyclic) bond motifs is 16. The molecule has 1 unspecified atom stereocenters. The Morgan fingerprint density at radius 2 is 1.01 bits per heavy atom. The van der Waals surface area contributed by atoms with Gasteiger partial charge in [-0.15, -0.1) is 11.3 Å². The fourth-order valence-electron chi connectivity index (χ4n) is 12.9. The molecule has 3 heterocycles. The van der Waals surface area contributed by atoms with Crippen molar-refractivity contribution in [2.45, 2.75) is 12.3 Å². The third-order valence-corrected chi connectivity index (χ3v) is 17.3. The van der Waals surface area contributed by atoms with E-state index >= 15 is 0 Å². The van der Waals surface area contributed by atoms with Gasteiger partial charge < -0.3 is 9.13 Å². The molecule has 0 saturated carbocycles. The summed E-state index contributed by atoms with van der Waals surface area (Å²) in [6.07, 6.45) is 8.34. The molecule has 0 spiro atoms. The molecular weight excluding hydrogens is 889 g/mol. The zero-order chi connectivity index (χ0) is 47.0. The maximum atomic E-state index is 2.51. The van der Waals surface area contributed by atoms with Crippen LogP contribution in [-0.2, 0) is 0 Å². The monoisotopic (exact) mass is 932 g/mol. The fraction of sp³-hybridized carbons (Fsp3) is 0.0435. The number of nitrogens with zero attached hydrogens (tertiary/aromatic N) is 2. The van der Waals surface area contributed by atoms with E-state index in [-0.39, 0.29) is 0 Å². The summed E-state index contributed by atoms with van der Waals surface area (Å²) < 4.78 is 7.60. The highest BCUT2D eigenvalue weighted by atomic mass is 32.1. The van der Waals surface area contributed by atoms with Gasteiger partial charge in [0.05, 0.1) is 26.8 Å². The van der Waals surface area contributed by atoms with Crippen molar-refractivity contribution in [3.05, 3.63) is 254 Å². The lowest BCUT2D eigenvalue weighted by molar-refractivity contribution is 0.582. The highest BCUT2D eigenvalue weighted by Crippen LogP contribution is 2.52. The van der Waals surface area contributed by atoms with Crippen molar-refractivity contribution in [1.82, 2.24) is 9.13 Å². The Bertz CT molecular complexity index is 4630. The van der Waals surface area contributed by atoms with E-state index in [2.05, 4.69) is 252 Å². The van der Waals surface area contributed by atoms with E-state index in [1.165, 1.54) is 141 Å². The van der Waals surface area contributed by atoms with E-state index in [9.17, 15) is 0 Å². The minimum absolute atomic E-state index is 0.348. The van der Waals surface area contributed by atoms with Crippen molar-refractivity contribution in [1.29, 1.82) is 0 Å². The Hall–Kier alpha value is -8.76. The van der Waals surface area contributed by atoms with Gasteiger partial charge in [0.25, 0.3) is 0 Å². The minimum Gasteiger partial charge on any atom is -0.310 e. The second-order valence-electron chi connectivity index (χ2n) is 19.9. The molecule has 0 radical (unpaired) electrons. The number of thiophene rings is 1. The standard InChI is InChI=1S/C69H44N2S/c1-2-15-48(16-3-1)71-63-25-13-11-21-55(63)60-41-58(67-61-39-45(32-37-65(61)72-69(67)68(60)71)44-30-35-51-46(38-44)27-26-42-14-4-5-17-50(42)51)47-31-36-64-59(40-47)54-20-10-12-24-62(54)70(64)49-33-28-43(29-34-49)66-56-22-8-6-18-52(56)53-19-7-9-23-57(53)66/h1-28,30-41,43,66H,29H2. The Morgan fingerprint density at radius 1 is 0.403 bits per heavy atom. The average Bonchev–Trinajstić information content (AvgIpc) is 4.19. The first-order chi connectivity index (χ1) is 35.7. The maximum Gasteiger partial charge on any atom is 0.0720 e. The summed E-state index contributed by atoms with van der Waals surface area (Å²) >= 11 is 1.92. The topological polar surface area (TPSA) is 9.86 Å². The van der Waals surface area contributed by atoms with E-state index in [4.69, 9.17) is 0 Å².